The summed E-state index contributed by atoms with van der Waals surface area (Å²) in [5.41, 5.74) is 0.331. The third kappa shape index (κ3) is 6.13. The van der Waals surface area contributed by atoms with Gasteiger partial charge in [-0.1, -0.05) is 18.2 Å². The maximum atomic E-state index is 10.2. The van der Waals surface area contributed by atoms with Gasteiger partial charge in [-0.15, -0.1) is 0 Å². The van der Waals surface area contributed by atoms with E-state index in [9.17, 15) is 4.79 Å². The van der Waals surface area contributed by atoms with E-state index in [1.54, 1.807) is 30.3 Å². The van der Waals surface area contributed by atoms with Gasteiger partial charge in [0.2, 0.25) is 0 Å². The highest BCUT2D eigenvalue weighted by molar-refractivity contribution is 5.87. The number of carboxylic acids is 1. The molecule has 2 heterocycles. The summed E-state index contributed by atoms with van der Waals surface area (Å²) in [4.78, 5) is 10.2. The molecule has 0 bridgehead atoms. The Morgan fingerprint density at radius 2 is 1.50 bits per heavy atom. The van der Waals surface area contributed by atoms with Crippen LogP contribution in [0.1, 0.15) is 48.9 Å². The second-order valence-electron chi connectivity index (χ2n) is 5.40. The number of benzene rings is 1. The summed E-state index contributed by atoms with van der Waals surface area (Å²) in [6, 6.07) is 8.30. The topological polar surface area (TPSA) is 65.0 Å². The molecular weight excluding hydrogens is 284 g/mol. The Balaban J connectivity index is 0.000000172. The van der Waals surface area contributed by atoms with Crippen LogP contribution in [-0.4, -0.2) is 36.9 Å². The van der Waals surface area contributed by atoms with Crippen LogP contribution in [0.5, 0.6) is 0 Å². The number of rotatable bonds is 3. The lowest BCUT2D eigenvalue weighted by Crippen LogP contribution is -2.31. The molecule has 0 saturated carbocycles. The molecule has 2 saturated heterocycles. The quantitative estimate of drug-likeness (QED) is 0.926. The largest absolute Gasteiger partial charge is 0.478 e. The SMILES string of the molecule is C1CCC(OC2CCCCO2)OC1.O=C(O)c1ccccc1. The van der Waals surface area contributed by atoms with Crippen molar-refractivity contribution in [2.45, 2.75) is 51.1 Å². The van der Waals surface area contributed by atoms with E-state index in [2.05, 4.69) is 0 Å². The Labute approximate surface area is 131 Å². The zero-order valence-electron chi connectivity index (χ0n) is 12.8. The molecule has 22 heavy (non-hydrogen) atoms. The smallest absolute Gasteiger partial charge is 0.335 e. The summed E-state index contributed by atoms with van der Waals surface area (Å²) in [6.45, 7) is 1.69. The zero-order chi connectivity index (χ0) is 15.6. The third-order valence-corrected chi connectivity index (χ3v) is 3.60. The highest BCUT2D eigenvalue weighted by Gasteiger charge is 2.21. The van der Waals surface area contributed by atoms with Crippen LogP contribution in [0.3, 0.4) is 0 Å². The summed E-state index contributed by atoms with van der Waals surface area (Å²) in [5.74, 6) is -0.879. The van der Waals surface area contributed by atoms with E-state index in [1.165, 1.54) is 25.7 Å². The molecule has 0 aromatic heterocycles. The van der Waals surface area contributed by atoms with Gasteiger partial charge >= 0.3 is 5.97 Å². The van der Waals surface area contributed by atoms with Gasteiger partial charge in [0.05, 0.1) is 5.56 Å². The molecule has 0 amide bonds. The van der Waals surface area contributed by atoms with Crippen LogP contribution in [0.4, 0.5) is 0 Å². The molecule has 5 nitrogen and oxygen atoms in total. The number of hydrogen-bond donors (Lipinski definition) is 1. The Morgan fingerprint density at radius 1 is 0.955 bits per heavy atom. The number of carbonyl (C=O) groups is 1. The molecule has 0 aliphatic carbocycles. The molecule has 1 N–H and O–H groups in total. The molecule has 2 aliphatic heterocycles. The summed E-state index contributed by atoms with van der Waals surface area (Å²) < 4.78 is 16.6. The fraction of sp³-hybridized carbons (Fsp3) is 0.588. The lowest BCUT2D eigenvalue weighted by molar-refractivity contribution is -0.264. The van der Waals surface area contributed by atoms with Crippen molar-refractivity contribution in [3.63, 3.8) is 0 Å². The van der Waals surface area contributed by atoms with Gasteiger partial charge in [-0.05, 0) is 50.7 Å². The zero-order valence-corrected chi connectivity index (χ0v) is 12.8. The van der Waals surface area contributed by atoms with Crippen molar-refractivity contribution in [1.82, 2.24) is 0 Å². The van der Waals surface area contributed by atoms with Gasteiger partial charge in [0, 0.05) is 13.2 Å². The number of aromatic carboxylic acids is 1. The molecule has 0 radical (unpaired) electrons. The minimum Gasteiger partial charge on any atom is -0.478 e. The molecule has 2 fully saturated rings. The van der Waals surface area contributed by atoms with Gasteiger partial charge < -0.3 is 19.3 Å². The number of carboxylic acid groups (broad SMARTS) is 1. The van der Waals surface area contributed by atoms with E-state index in [0.717, 1.165) is 26.1 Å². The first-order chi connectivity index (χ1) is 10.8. The second kappa shape index (κ2) is 9.56. The van der Waals surface area contributed by atoms with E-state index >= 15 is 0 Å². The van der Waals surface area contributed by atoms with Crippen LogP contribution in [0.25, 0.3) is 0 Å². The highest BCUT2D eigenvalue weighted by atomic mass is 16.8. The van der Waals surface area contributed by atoms with E-state index in [4.69, 9.17) is 19.3 Å². The summed E-state index contributed by atoms with van der Waals surface area (Å²) >= 11 is 0. The van der Waals surface area contributed by atoms with Gasteiger partial charge in [0.15, 0.2) is 12.6 Å². The maximum absolute atomic E-state index is 10.2. The van der Waals surface area contributed by atoms with E-state index < -0.39 is 5.97 Å². The lowest BCUT2D eigenvalue weighted by Gasteiger charge is -2.29. The summed E-state index contributed by atoms with van der Waals surface area (Å²) in [5, 5.41) is 8.38. The van der Waals surface area contributed by atoms with Crippen molar-refractivity contribution in [3.8, 4) is 0 Å². The first-order valence-electron chi connectivity index (χ1n) is 7.93. The first-order valence-corrected chi connectivity index (χ1v) is 7.93. The Bertz CT molecular complexity index is 406. The van der Waals surface area contributed by atoms with Crippen LogP contribution in [0.2, 0.25) is 0 Å². The number of ether oxygens (including phenoxy) is 3. The fourth-order valence-electron chi connectivity index (χ4n) is 2.39. The van der Waals surface area contributed by atoms with Crippen LogP contribution in [0, 0.1) is 0 Å². The van der Waals surface area contributed by atoms with Gasteiger partial charge in [-0.2, -0.15) is 0 Å². The van der Waals surface area contributed by atoms with Crippen LogP contribution < -0.4 is 0 Å². The van der Waals surface area contributed by atoms with Crippen molar-refractivity contribution in [3.05, 3.63) is 35.9 Å². The van der Waals surface area contributed by atoms with E-state index in [1.807, 2.05) is 0 Å². The molecule has 0 spiro atoms. The third-order valence-electron chi connectivity index (χ3n) is 3.60. The van der Waals surface area contributed by atoms with Crippen molar-refractivity contribution in [2.24, 2.45) is 0 Å². The Kier molecular flexibility index (Phi) is 7.36. The van der Waals surface area contributed by atoms with Crippen molar-refractivity contribution in [1.29, 1.82) is 0 Å². The number of hydrogen-bond acceptors (Lipinski definition) is 4. The van der Waals surface area contributed by atoms with Gasteiger partial charge in [0.1, 0.15) is 0 Å². The first kappa shape index (κ1) is 16.9. The Hall–Kier alpha value is -1.43. The van der Waals surface area contributed by atoms with Crippen LogP contribution in [0.15, 0.2) is 30.3 Å². The average Bonchev–Trinajstić information content (AvgIpc) is 2.58. The molecule has 2 aliphatic rings. The highest BCUT2D eigenvalue weighted by Crippen LogP contribution is 2.20. The Morgan fingerprint density at radius 3 is 1.86 bits per heavy atom. The van der Waals surface area contributed by atoms with Crippen molar-refractivity contribution >= 4 is 5.97 Å². The lowest BCUT2D eigenvalue weighted by atomic mass is 10.2. The van der Waals surface area contributed by atoms with Crippen LogP contribution in [-0.2, 0) is 14.2 Å². The molecule has 1 aromatic rings. The molecule has 5 heteroatoms. The van der Waals surface area contributed by atoms with E-state index in [-0.39, 0.29) is 12.6 Å². The van der Waals surface area contributed by atoms with Gasteiger partial charge in [-0.3, -0.25) is 0 Å². The fourth-order valence-corrected chi connectivity index (χ4v) is 2.39. The second-order valence-corrected chi connectivity index (χ2v) is 5.40. The van der Waals surface area contributed by atoms with E-state index in [0.29, 0.717) is 5.56 Å². The molecule has 3 rings (SSSR count). The minimum absolute atomic E-state index is 0.00292. The molecule has 2 unspecified atom stereocenters. The van der Waals surface area contributed by atoms with Gasteiger partial charge in [0.25, 0.3) is 0 Å². The predicted octanol–water partition coefficient (Wildman–Crippen LogP) is 3.44. The predicted molar refractivity (Wildman–Crippen MR) is 81.7 cm³/mol. The maximum Gasteiger partial charge on any atom is 0.335 e. The van der Waals surface area contributed by atoms with Gasteiger partial charge in [-0.25, -0.2) is 4.79 Å². The van der Waals surface area contributed by atoms with Crippen molar-refractivity contribution in [2.75, 3.05) is 13.2 Å². The minimum atomic E-state index is -0.879. The standard InChI is InChI=1S/C10H18O3.C7H6O2/c1-3-7-11-9(5-1)13-10-6-2-4-8-12-10;8-7(9)6-4-2-1-3-5-6/h9-10H,1-8H2;1-5H,(H,8,9). The van der Waals surface area contributed by atoms with Crippen molar-refractivity contribution < 1.29 is 24.1 Å². The summed E-state index contributed by atoms with van der Waals surface area (Å²) in [7, 11) is 0. The average molecular weight is 308 g/mol. The summed E-state index contributed by atoms with van der Waals surface area (Å²) in [6.07, 6.45) is 6.83. The normalized spacial score (nSPS) is 24.9. The van der Waals surface area contributed by atoms with Crippen LogP contribution >= 0.6 is 0 Å². The molecule has 122 valence electrons. The molecule has 1 aromatic carbocycles. The monoisotopic (exact) mass is 308 g/mol. The molecular formula is C17H24O5. The molecule has 2 atom stereocenters.